The third-order valence-corrected chi connectivity index (χ3v) is 4.88. The summed E-state index contributed by atoms with van der Waals surface area (Å²) in [7, 11) is 0. The van der Waals surface area contributed by atoms with Gasteiger partial charge < -0.3 is 5.11 Å². The van der Waals surface area contributed by atoms with E-state index in [0.717, 1.165) is 28.7 Å². The third kappa shape index (κ3) is 2.57. The van der Waals surface area contributed by atoms with E-state index in [-0.39, 0.29) is 6.10 Å². The Hall–Kier alpha value is -1.41. The van der Waals surface area contributed by atoms with Crippen LogP contribution in [-0.4, -0.2) is 10.1 Å². The van der Waals surface area contributed by atoms with Gasteiger partial charge in [-0.25, -0.2) is 0 Å². The average Bonchev–Trinajstić information content (AvgIpc) is 2.53. The molecule has 1 saturated carbocycles. The Kier molecular flexibility index (Phi) is 4.02. The van der Waals surface area contributed by atoms with Gasteiger partial charge in [-0.1, -0.05) is 44.4 Å². The van der Waals surface area contributed by atoms with Crippen LogP contribution in [0.4, 0.5) is 0 Å². The van der Waals surface area contributed by atoms with Crippen molar-refractivity contribution in [3.8, 4) is 0 Å². The van der Waals surface area contributed by atoms with E-state index in [9.17, 15) is 5.11 Å². The number of aromatic nitrogens is 1. The molecule has 1 heterocycles. The molecule has 3 unspecified atom stereocenters. The van der Waals surface area contributed by atoms with Crippen LogP contribution in [-0.2, 0) is 0 Å². The lowest BCUT2D eigenvalue weighted by molar-refractivity contribution is 0.0689. The molecule has 1 aromatic heterocycles. The van der Waals surface area contributed by atoms with Gasteiger partial charge in [-0.05, 0) is 41.7 Å². The van der Waals surface area contributed by atoms with Crippen LogP contribution in [0.15, 0.2) is 36.7 Å². The predicted octanol–water partition coefficient (Wildman–Crippen LogP) is 4.48. The van der Waals surface area contributed by atoms with Crippen LogP contribution in [0, 0.1) is 11.8 Å². The zero-order valence-corrected chi connectivity index (χ0v) is 12.1. The highest BCUT2D eigenvalue weighted by Crippen LogP contribution is 2.39. The first-order valence-corrected chi connectivity index (χ1v) is 7.80. The number of pyridine rings is 1. The van der Waals surface area contributed by atoms with Gasteiger partial charge in [0.05, 0.1) is 6.10 Å². The van der Waals surface area contributed by atoms with Crippen molar-refractivity contribution in [1.29, 1.82) is 0 Å². The summed E-state index contributed by atoms with van der Waals surface area (Å²) in [6.45, 7) is 2.27. The summed E-state index contributed by atoms with van der Waals surface area (Å²) in [5.74, 6) is 1.20. The first-order valence-electron chi connectivity index (χ1n) is 7.80. The van der Waals surface area contributed by atoms with Crippen LogP contribution < -0.4 is 0 Å². The average molecular weight is 269 g/mol. The number of aliphatic hydroxyl groups excluding tert-OH is 1. The van der Waals surface area contributed by atoms with Crippen molar-refractivity contribution in [3.05, 3.63) is 42.2 Å². The molecule has 1 N–H and O–H groups in total. The molecular weight excluding hydrogens is 246 g/mol. The Morgan fingerprint density at radius 2 is 2.20 bits per heavy atom. The minimum atomic E-state index is -0.338. The number of benzene rings is 1. The summed E-state index contributed by atoms with van der Waals surface area (Å²) in [6.07, 6.45) is 9.50. The Labute approximate surface area is 120 Å². The van der Waals surface area contributed by atoms with Crippen molar-refractivity contribution in [2.45, 2.75) is 45.1 Å². The molecule has 20 heavy (non-hydrogen) atoms. The van der Waals surface area contributed by atoms with Crippen molar-refractivity contribution in [2.24, 2.45) is 11.8 Å². The van der Waals surface area contributed by atoms with Crippen LogP contribution >= 0.6 is 0 Å². The molecule has 1 aliphatic carbocycles. The van der Waals surface area contributed by atoms with E-state index in [0.29, 0.717) is 5.92 Å². The zero-order valence-electron chi connectivity index (χ0n) is 12.1. The van der Waals surface area contributed by atoms with Gasteiger partial charge in [0.2, 0.25) is 0 Å². The molecule has 3 atom stereocenters. The van der Waals surface area contributed by atoms with Gasteiger partial charge in [-0.15, -0.1) is 0 Å². The van der Waals surface area contributed by atoms with Crippen LogP contribution in [0.1, 0.15) is 50.7 Å². The first-order chi connectivity index (χ1) is 9.79. The standard InChI is InChI=1S/C18H23NO/c1-2-13-5-3-6-14(11-13)18(20)17-8-4-7-15-12-19-10-9-16(15)17/h4,7-10,12-14,18,20H,2-3,5-6,11H2,1H3. The molecule has 0 radical (unpaired) electrons. The van der Waals surface area contributed by atoms with Crippen molar-refractivity contribution >= 4 is 10.8 Å². The highest BCUT2D eigenvalue weighted by molar-refractivity contribution is 5.85. The van der Waals surface area contributed by atoms with E-state index in [2.05, 4.69) is 24.0 Å². The number of hydrogen-bond acceptors (Lipinski definition) is 2. The molecule has 2 heteroatoms. The minimum Gasteiger partial charge on any atom is -0.388 e. The molecule has 0 aliphatic heterocycles. The van der Waals surface area contributed by atoms with Crippen molar-refractivity contribution < 1.29 is 5.11 Å². The second-order valence-electron chi connectivity index (χ2n) is 6.09. The molecule has 0 spiro atoms. The maximum atomic E-state index is 10.8. The summed E-state index contributed by atoms with van der Waals surface area (Å²) < 4.78 is 0. The Bertz CT molecular complexity index is 575. The molecule has 0 amide bonds. The fraction of sp³-hybridized carbons (Fsp3) is 0.500. The second-order valence-corrected chi connectivity index (χ2v) is 6.09. The van der Waals surface area contributed by atoms with E-state index >= 15 is 0 Å². The Balaban J connectivity index is 1.90. The van der Waals surface area contributed by atoms with Crippen LogP contribution in [0.5, 0.6) is 0 Å². The van der Waals surface area contributed by atoms with Gasteiger partial charge >= 0.3 is 0 Å². The molecule has 1 fully saturated rings. The number of aliphatic hydroxyl groups is 1. The van der Waals surface area contributed by atoms with Crippen LogP contribution in [0.25, 0.3) is 10.8 Å². The van der Waals surface area contributed by atoms with Gasteiger partial charge in [0.1, 0.15) is 0 Å². The first kappa shape index (κ1) is 13.6. The molecular formula is C18H23NO. The molecule has 0 saturated heterocycles. The van der Waals surface area contributed by atoms with E-state index < -0.39 is 0 Å². The maximum absolute atomic E-state index is 10.8. The third-order valence-electron chi connectivity index (χ3n) is 4.88. The summed E-state index contributed by atoms with van der Waals surface area (Å²) in [5, 5.41) is 13.1. The normalized spacial score (nSPS) is 24.7. The number of fused-ring (bicyclic) bond motifs is 1. The second kappa shape index (κ2) is 5.92. The smallest absolute Gasteiger partial charge is 0.0824 e. The lowest BCUT2D eigenvalue weighted by Crippen LogP contribution is -2.21. The quantitative estimate of drug-likeness (QED) is 0.891. The number of rotatable bonds is 3. The number of nitrogens with zero attached hydrogens (tertiary/aromatic N) is 1. The molecule has 2 nitrogen and oxygen atoms in total. The minimum absolute atomic E-state index is 0.338. The summed E-state index contributed by atoms with van der Waals surface area (Å²) in [5.41, 5.74) is 1.08. The predicted molar refractivity (Wildman–Crippen MR) is 82.4 cm³/mol. The fourth-order valence-electron chi connectivity index (χ4n) is 3.65. The van der Waals surface area contributed by atoms with Gasteiger partial charge in [0.15, 0.2) is 0 Å². The van der Waals surface area contributed by atoms with Crippen LogP contribution in [0.2, 0.25) is 0 Å². The molecule has 3 rings (SSSR count). The highest BCUT2D eigenvalue weighted by atomic mass is 16.3. The molecule has 106 valence electrons. The van der Waals surface area contributed by atoms with Crippen molar-refractivity contribution in [3.63, 3.8) is 0 Å². The maximum Gasteiger partial charge on any atom is 0.0824 e. The van der Waals surface area contributed by atoms with E-state index in [1.54, 1.807) is 0 Å². The van der Waals surface area contributed by atoms with E-state index in [1.807, 2.05) is 24.5 Å². The summed E-state index contributed by atoms with van der Waals surface area (Å²) in [4.78, 5) is 4.17. The van der Waals surface area contributed by atoms with Crippen molar-refractivity contribution in [1.82, 2.24) is 4.98 Å². The number of hydrogen-bond donors (Lipinski definition) is 1. The summed E-state index contributed by atoms with van der Waals surface area (Å²) in [6, 6.07) is 8.19. The summed E-state index contributed by atoms with van der Waals surface area (Å²) >= 11 is 0. The van der Waals surface area contributed by atoms with Crippen molar-refractivity contribution in [2.75, 3.05) is 0 Å². The Morgan fingerprint density at radius 1 is 1.30 bits per heavy atom. The van der Waals surface area contributed by atoms with Gasteiger partial charge in [-0.3, -0.25) is 4.98 Å². The monoisotopic (exact) mass is 269 g/mol. The molecule has 1 aliphatic rings. The topological polar surface area (TPSA) is 33.1 Å². The molecule has 1 aromatic carbocycles. The zero-order chi connectivity index (χ0) is 13.9. The Morgan fingerprint density at radius 3 is 3.05 bits per heavy atom. The lowest BCUT2D eigenvalue weighted by atomic mass is 9.76. The van der Waals surface area contributed by atoms with Gasteiger partial charge in [-0.2, -0.15) is 0 Å². The molecule has 0 bridgehead atoms. The SMILES string of the molecule is CCC1CCCC(C(O)c2cccc3cnccc23)C1. The van der Waals surface area contributed by atoms with Crippen LogP contribution in [0.3, 0.4) is 0 Å². The highest BCUT2D eigenvalue weighted by Gasteiger charge is 2.28. The lowest BCUT2D eigenvalue weighted by Gasteiger charge is -2.32. The van der Waals surface area contributed by atoms with E-state index in [4.69, 9.17) is 0 Å². The fourth-order valence-corrected chi connectivity index (χ4v) is 3.65. The molecule has 2 aromatic rings. The van der Waals surface area contributed by atoms with Gasteiger partial charge in [0, 0.05) is 17.8 Å². The van der Waals surface area contributed by atoms with Gasteiger partial charge in [0.25, 0.3) is 0 Å². The van der Waals surface area contributed by atoms with E-state index in [1.165, 1.54) is 25.7 Å². The largest absolute Gasteiger partial charge is 0.388 e.